The highest BCUT2D eigenvalue weighted by atomic mass is 79.9. The number of halogens is 2. The lowest BCUT2D eigenvalue weighted by Crippen LogP contribution is -2.19. The molecular formula is C13H17BrFN. The summed E-state index contributed by atoms with van der Waals surface area (Å²) in [6, 6.07) is 4.98. The molecule has 0 amide bonds. The molecule has 1 rings (SSSR count). The van der Waals surface area contributed by atoms with Crippen LogP contribution in [-0.2, 0) is 0 Å². The molecule has 1 aromatic carbocycles. The maximum Gasteiger partial charge on any atom is 0.124 e. The van der Waals surface area contributed by atoms with Gasteiger partial charge in [0, 0.05) is 17.1 Å². The molecule has 1 atom stereocenters. The van der Waals surface area contributed by atoms with Crippen molar-refractivity contribution in [1.29, 1.82) is 0 Å². The van der Waals surface area contributed by atoms with E-state index in [-0.39, 0.29) is 11.9 Å². The van der Waals surface area contributed by atoms with Crippen LogP contribution in [0.1, 0.15) is 32.4 Å². The Morgan fingerprint density at radius 3 is 2.75 bits per heavy atom. The maximum atomic E-state index is 12.9. The Labute approximate surface area is 105 Å². The lowest BCUT2D eigenvalue weighted by molar-refractivity contribution is 0.602. The van der Waals surface area contributed by atoms with Crippen LogP contribution >= 0.6 is 15.9 Å². The summed E-state index contributed by atoms with van der Waals surface area (Å²) < 4.78 is 13.7. The van der Waals surface area contributed by atoms with Crippen LogP contribution in [0.3, 0.4) is 0 Å². The van der Waals surface area contributed by atoms with Crippen molar-refractivity contribution in [3.05, 3.63) is 45.7 Å². The maximum absolute atomic E-state index is 12.9. The Morgan fingerprint density at radius 2 is 2.19 bits per heavy atom. The van der Waals surface area contributed by atoms with Crippen molar-refractivity contribution in [3.63, 3.8) is 0 Å². The first kappa shape index (κ1) is 13.4. The summed E-state index contributed by atoms with van der Waals surface area (Å²) >= 11 is 3.37. The van der Waals surface area contributed by atoms with Crippen LogP contribution < -0.4 is 5.32 Å². The average Bonchev–Trinajstić information content (AvgIpc) is 2.16. The highest BCUT2D eigenvalue weighted by Gasteiger charge is 2.08. The van der Waals surface area contributed by atoms with Gasteiger partial charge in [-0.05, 0) is 38.5 Å². The molecule has 3 heteroatoms. The molecule has 0 bridgehead atoms. The molecule has 0 heterocycles. The highest BCUT2D eigenvalue weighted by molar-refractivity contribution is 9.10. The second kappa shape index (κ2) is 6.16. The van der Waals surface area contributed by atoms with Gasteiger partial charge in [0.1, 0.15) is 5.82 Å². The fourth-order valence-corrected chi connectivity index (χ4v) is 2.10. The van der Waals surface area contributed by atoms with Crippen LogP contribution in [0, 0.1) is 5.82 Å². The third-order valence-electron chi connectivity index (χ3n) is 2.36. The van der Waals surface area contributed by atoms with Gasteiger partial charge in [-0.15, -0.1) is 0 Å². The van der Waals surface area contributed by atoms with Crippen molar-refractivity contribution in [2.75, 3.05) is 6.54 Å². The number of benzene rings is 1. The van der Waals surface area contributed by atoms with Crippen molar-refractivity contribution in [2.45, 2.75) is 26.8 Å². The van der Waals surface area contributed by atoms with E-state index in [1.807, 2.05) is 0 Å². The summed E-state index contributed by atoms with van der Waals surface area (Å²) in [5, 5.41) is 3.36. The largest absolute Gasteiger partial charge is 0.307 e. The SMILES string of the molecule is CC(C)=CCNC(C)c1ccc(F)cc1Br. The van der Waals surface area contributed by atoms with Gasteiger partial charge in [0.2, 0.25) is 0 Å². The van der Waals surface area contributed by atoms with Crippen LogP contribution in [0.4, 0.5) is 4.39 Å². The minimum absolute atomic E-state index is 0.200. The van der Waals surface area contributed by atoms with Gasteiger partial charge in [0.05, 0.1) is 0 Å². The summed E-state index contributed by atoms with van der Waals surface area (Å²) in [6.07, 6.45) is 2.13. The number of hydrogen-bond acceptors (Lipinski definition) is 1. The topological polar surface area (TPSA) is 12.0 Å². The van der Waals surface area contributed by atoms with Crippen molar-refractivity contribution < 1.29 is 4.39 Å². The average molecular weight is 286 g/mol. The van der Waals surface area contributed by atoms with Gasteiger partial charge in [-0.2, -0.15) is 0 Å². The molecule has 1 N–H and O–H groups in total. The van der Waals surface area contributed by atoms with E-state index in [0.29, 0.717) is 0 Å². The Morgan fingerprint density at radius 1 is 1.50 bits per heavy atom. The molecule has 1 nitrogen and oxygen atoms in total. The zero-order chi connectivity index (χ0) is 12.1. The third kappa shape index (κ3) is 4.06. The molecule has 0 aromatic heterocycles. The van der Waals surface area contributed by atoms with Gasteiger partial charge in [-0.1, -0.05) is 33.6 Å². The van der Waals surface area contributed by atoms with E-state index in [1.165, 1.54) is 17.7 Å². The van der Waals surface area contributed by atoms with E-state index >= 15 is 0 Å². The Balaban J connectivity index is 2.66. The molecule has 16 heavy (non-hydrogen) atoms. The van der Waals surface area contributed by atoms with E-state index in [0.717, 1.165) is 16.6 Å². The predicted octanol–water partition coefficient (Wildman–Crippen LogP) is 4.21. The molecule has 0 fully saturated rings. The minimum Gasteiger partial charge on any atom is -0.307 e. The summed E-state index contributed by atoms with van der Waals surface area (Å²) in [4.78, 5) is 0. The first-order valence-electron chi connectivity index (χ1n) is 5.32. The van der Waals surface area contributed by atoms with Crippen molar-refractivity contribution >= 4 is 15.9 Å². The molecule has 88 valence electrons. The van der Waals surface area contributed by atoms with Crippen LogP contribution in [0.15, 0.2) is 34.3 Å². The lowest BCUT2D eigenvalue weighted by atomic mass is 10.1. The molecule has 0 aliphatic heterocycles. The monoisotopic (exact) mass is 285 g/mol. The van der Waals surface area contributed by atoms with E-state index in [2.05, 4.69) is 48.1 Å². The molecule has 0 spiro atoms. The fraction of sp³-hybridized carbons (Fsp3) is 0.385. The van der Waals surface area contributed by atoms with Crippen LogP contribution in [0.5, 0.6) is 0 Å². The zero-order valence-electron chi connectivity index (χ0n) is 9.85. The van der Waals surface area contributed by atoms with Gasteiger partial charge in [0.25, 0.3) is 0 Å². The van der Waals surface area contributed by atoms with Gasteiger partial charge in [-0.25, -0.2) is 4.39 Å². The number of hydrogen-bond donors (Lipinski definition) is 1. The number of rotatable bonds is 4. The first-order valence-corrected chi connectivity index (χ1v) is 6.11. The summed E-state index contributed by atoms with van der Waals surface area (Å²) in [5.41, 5.74) is 2.36. The van der Waals surface area contributed by atoms with Gasteiger partial charge >= 0.3 is 0 Å². The molecule has 0 aliphatic carbocycles. The lowest BCUT2D eigenvalue weighted by Gasteiger charge is -2.14. The van der Waals surface area contributed by atoms with Crippen LogP contribution in [-0.4, -0.2) is 6.54 Å². The molecule has 0 aliphatic rings. The van der Waals surface area contributed by atoms with Crippen LogP contribution in [0.25, 0.3) is 0 Å². The second-order valence-corrected chi connectivity index (χ2v) is 4.93. The van der Waals surface area contributed by atoms with Crippen molar-refractivity contribution in [1.82, 2.24) is 5.32 Å². The summed E-state index contributed by atoms with van der Waals surface area (Å²) in [5.74, 6) is -0.216. The number of allylic oxidation sites excluding steroid dienone is 1. The van der Waals surface area contributed by atoms with Crippen LogP contribution in [0.2, 0.25) is 0 Å². The molecular weight excluding hydrogens is 269 g/mol. The zero-order valence-corrected chi connectivity index (χ0v) is 11.4. The molecule has 0 radical (unpaired) electrons. The van der Waals surface area contributed by atoms with E-state index in [4.69, 9.17) is 0 Å². The van der Waals surface area contributed by atoms with E-state index in [1.54, 1.807) is 6.07 Å². The Hall–Kier alpha value is -0.670. The molecule has 1 aromatic rings. The van der Waals surface area contributed by atoms with Gasteiger partial charge < -0.3 is 5.32 Å². The Kier molecular flexibility index (Phi) is 5.16. The minimum atomic E-state index is -0.216. The third-order valence-corrected chi connectivity index (χ3v) is 3.05. The quantitative estimate of drug-likeness (QED) is 0.818. The Bertz CT molecular complexity index is 384. The highest BCUT2D eigenvalue weighted by Crippen LogP contribution is 2.23. The second-order valence-electron chi connectivity index (χ2n) is 4.08. The molecule has 0 saturated carbocycles. The molecule has 1 unspecified atom stereocenters. The van der Waals surface area contributed by atoms with Gasteiger partial charge in [-0.3, -0.25) is 0 Å². The smallest absolute Gasteiger partial charge is 0.124 e. The molecule has 0 saturated heterocycles. The number of nitrogens with one attached hydrogen (secondary N) is 1. The summed E-state index contributed by atoms with van der Waals surface area (Å²) in [7, 11) is 0. The van der Waals surface area contributed by atoms with E-state index in [9.17, 15) is 4.39 Å². The first-order chi connectivity index (χ1) is 7.50. The van der Waals surface area contributed by atoms with Crippen molar-refractivity contribution in [3.8, 4) is 0 Å². The normalized spacial score (nSPS) is 12.3. The van der Waals surface area contributed by atoms with Gasteiger partial charge in [0.15, 0.2) is 0 Å². The van der Waals surface area contributed by atoms with Crippen molar-refractivity contribution in [2.24, 2.45) is 0 Å². The van der Waals surface area contributed by atoms with E-state index < -0.39 is 0 Å². The summed E-state index contributed by atoms with van der Waals surface area (Å²) in [6.45, 7) is 7.03. The standard InChI is InChI=1S/C13H17BrFN/c1-9(2)6-7-16-10(3)12-5-4-11(15)8-13(12)14/h4-6,8,10,16H,7H2,1-3H3. The fourth-order valence-electron chi connectivity index (χ4n) is 1.40. The predicted molar refractivity (Wildman–Crippen MR) is 69.9 cm³/mol.